The fourth-order valence-electron chi connectivity index (χ4n) is 1.80. The summed E-state index contributed by atoms with van der Waals surface area (Å²) in [5, 5.41) is 0.872. The maximum atomic E-state index is 11.6. The van der Waals surface area contributed by atoms with Crippen LogP contribution >= 0.6 is 0 Å². The van der Waals surface area contributed by atoms with E-state index in [2.05, 4.69) is 13.8 Å². The molecule has 0 fully saturated rings. The molecule has 0 saturated heterocycles. The van der Waals surface area contributed by atoms with E-state index >= 15 is 0 Å². The van der Waals surface area contributed by atoms with Crippen LogP contribution < -0.4 is 4.74 Å². The van der Waals surface area contributed by atoms with Crippen LogP contribution in [-0.4, -0.2) is 19.7 Å². The topological polar surface area (TPSA) is 48.7 Å². The molecule has 0 aliphatic heterocycles. The summed E-state index contributed by atoms with van der Waals surface area (Å²) in [5.41, 5.74) is 1.06. The number of furan rings is 1. The molecule has 4 heteroatoms. The van der Waals surface area contributed by atoms with Crippen LogP contribution in [0.4, 0.5) is 0 Å². The second-order valence-electron chi connectivity index (χ2n) is 4.83. The van der Waals surface area contributed by atoms with Gasteiger partial charge in [0, 0.05) is 0 Å². The van der Waals surface area contributed by atoms with E-state index in [9.17, 15) is 4.79 Å². The van der Waals surface area contributed by atoms with Gasteiger partial charge in [0.05, 0.1) is 30.9 Å². The molecule has 0 saturated carbocycles. The molecule has 1 heterocycles. The molecule has 4 nitrogen and oxygen atoms in total. The minimum atomic E-state index is -0.396. The number of rotatable bonds is 5. The second-order valence-corrected chi connectivity index (χ2v) is 4.83. The number of ether oxygens (including phenoxy) is 2. The number of benzene rings is 1. The van der Waals surface area contributed by atoms with Crippen LogP contribution in [0.2, 0.25) is 0 Å². The van der Waals surface area contributed by atoms with E-state index < -0.39 is 5.97 Å². The van der Waals surface area contributed by atoms with Crippen molar-refractivity contribution in [2.45, 2.75) is 20.3 Å². The Balaban J connectivity index is 2.29. The second kappa shape index (κ2) is 5.78. The maximum absolute atomic E-state index is 11.6. The predicted octanol–water partition coefficient (Wildman–Crippen LogP) is 3.64. The summed E-state index contributed by atoms with van der Waals surface area (Å²) in [4.78, 5) is 11.6. The highest BCUT2D eigenvalue weighted by Crippen LogP contribution is 2.29. The molecule has 2 aromatic rings. The Labute approximate surface area is 112 Å². The summed E-state index contributed by atoms with van der Waals surface area (Å²) < 4.78 is 15.8. The first-order chi connectivity index (χ1) is 9.11. The molecule has 2 rings (SSSR count). The van der Waals surface area contributed by atoms with E-state index in [1.807, 2.05) is 6.07 Å². The van der Waals surface area contributed by atoms with E-state index in [4.69, 9.17) is 13.9 Å². The highest BCUT2D eigenvalue weighted by molar-refractivity contribution is 5.96. The van der Waals surface area contributed by atoms with Crippen molar-refractivity contribution in [1.82, 2.24) is 0 Å². The predicted molar refractivity (Wildman–Crippen MR) is 72.5 cm³/mol. The first-order valence-corrected chi connectivity index (χ1v) is 6.34. The van der Waals surface area contributed by atoms with E-state index in [1.54, 1.807) is 18.4 Å². The lowest BCUT2D eigenvalue weighted by Gasteiger charge is -2.10. The van der Waals surface area contributed by atoms with Crippen molar-refractivity contribution in [3.8, 4) is 5.75 Å². The summed E-state index contributed by atoms with van der Waals surface area (Å²) in [5.74, 6) is 0.836. The Hall–Kier alpha value is -1.97. The van der Waals surface area contributed by atoms with Gasteiger partial charge < -0.3 is 13.9 Å². The van der Waals surface area contributed by atoms with Gasteiger partial charge in [0.2, 0.25) is 0 Å². The monoisotopic (exact) mass is 262 g/mol. The molecule has 19 heavy (non-hydrogen) atoms. The standard InChI is InChI=1S/C15H18O4/c1-10(2)4-6-18-13-8-11(15(16)17-3)9-14-12(13)5-7-19-14/h5,7-10H,4,6H2,1-3H3. The number of hydrogen-bond acceptors (Lipinski definition) is 4. The van der Waals surface area contributed by atoms with E-state index in [0.717, 1.165) is 11.8 Å². The van der Waals surface area contributed by atoms with Gasteiger partial charge >= 0.3 is 5.97 Å². The van der Waals surface area contributed by atoms with Gasteiger partial charge in [-0.2, -0.15) is 0 Å². The van der Waals surface area contributed by atoms with Crippen LogP contribution in [0, 0.1) is 5.92 Å². The van der Waals surface area contributed by atoms with Crippen LogP contribution in [-0.2, 0) is 4.74 Å². The van der Waals surface area contributed by atoms with Crippen molar-refractivity contribution in [2.24, 2.45) is 5.92 Å². The average molecular weight is 262 g/mol. The van der Waals surface area contributed by atoms with Gasteiger partial charge in [-0.25, -0.2) is 4.79 Å². The number of carbonyl (C=O) groups excluding carboxylic acids is 1. The molecule has 0 unspecified atom stereocenters. The summed E-state index contributed by atoms with van der Waals surface area (Å²) in [6, 6.07) is 5.20. The van der Waals surface area contributed by atoms with E-state index in [1.165, 1.54) is 7.11 Å². The molecule has 0 radical (unpaired) electrons. The molecule has 0 aliphatic carbocycles. The zero-order valence-corrected chi connectivity index (χ0v) is 11.4. The summed E-state index contributed by atoms with van der Waals surface area (Å²) in [7, 11) is 1.36. The molecule has 0 spiro atoms. The van der Waals surface area contributed by atoms with E-state index in [-0.39, 0.29) is 0 Å². The van der Waals surface area contributed by atoms with Crippen LogP contribution in [0.1, 0.15) is 30.6 Å². The number of hydrogen-bond donors (Lipinski definition) is 0. The van der Waals surface area contributed by atoms with Gasteiger partial charge in [-0.1, -0.05) is 13.8 Å². The van der Waals surface area contributed by atoms with Crippen LogP contribution in [0.5, 0.6) is 5.75 Å². The van der Waals surface area contributed by atoms with Gasteiger partial charge in [-0.05, 0) is 30.5 Å². The fourth-order valence-corrected chi connectivity index (χ4v) is 1.80. The van der Waals surface area contributed by atoms with Gasteiger partial charge in [0.15, 0.2) is 0 Å². The molecule has 1 aromatic carbocycles. The van der Waals surface area contributed by atoms with Crippen molar-refractivity contribution in [3.05, 3.63) is 30.0 Å². The van der Waals surface area contributed by atoms with Gasteiger partial charge in [0.25, 0.3) is 0 Å². The zero-order valence-electron chi connectivity index (χ0n) is 11.4. The first-order valence-electron chi connectivity index (χ1n) is 6.34. The molecular weight excluding hydrogens is 244 g/mol. The lowest BCUT2D eigenvalue weighted by atomic mass is 10.1. The smallest absolute Gasteiger partial charge is 0.338 e. The number of methoxy groups -OCH3 is 1. The Morgan fingerprint density at radius 1 is 1.37 bits per heavy atom. The van der Waals surface area contributed by atoms with Crippen LogP contribution in [0.25, 0.3) is 11.0 Å². The van der Waals surface area contributed by atoms with Gasteiger partial charge in [-0.3, -0.25) is 0 Å². The number of esters is 1. The van der Waals surface area contributed by atoms with Gasteiger partial charge in [-0.15, -0.1) is 0 Å². The quantitative estimate of drug-likeness (QED) is 0.772. The first kappa shape index (κ1) is 13.5. The molecule has 0 bridgehead atoms. The largest absolute Gasteiger partial charge is 0.493 e. The third kappa shape index (κ3) is 3.08. The summed E-state index contributed by atoms with van der Waals surface area (Å²) in [6.45, 7) is 4.89. The lowest BCUT2D eigenvalue weighted by molar-refractivity contribution is 0.0600. The van der Waals surface area contributed by atoms with Crippen LogP contribution in [0.15, 0.2) is 28.9 Å². The van der Waals surface area contributed by atoms with Crippen molar-refractivity contribution < 1.29 is 18.7 Å². The Morgan fingerprint density at radius 2 is 2.16 bits per heavy atom. The minimum Gasteiger partial charge on any atom is -0.493 e. The average Bonchev–Trinajstić information content (AvgIpc) is 2.85. The number of fused-ring (bicyclic) bond motifs is 1. The molecule has 0 aliphatic rings. The summed E-state index contributed by atoms with van der Waals surface area (Å²) in [6.07, 6.45) is 2.54. The minimum absolute atomic E-state index is 0.396. The third-order valence-electron chi connectivity index (χ3n) is 2.91. The Morgan fingerprint density at radius 3 is 2.84 bits per heavy atom. The maximum Gasteiger partial charge on any atom is 0.338 e. The van der Waals surface area contributed by atoms with Gasteiger partial charge in [0.1, 0.15) is 11.3 Å². The Bertz CT molecular complexity index is 569. The highest BCUT2D eigenvalue weighted by Gasteiger charge is 2.13. The van der Waals surface area contributed by atoms with Crippen molar-refractivity contribution in [2.75, 3.05) is 13.7 Å². The van der Waals surface area contributed by atoms with Crippen molar-refractivity contribution in [1.29, 1.82) is 0 Å². The molecule has 102 valence electrons. The SMILES string of the molecule is COC(=O)c1cc(OCCC(C)C)c2ccoc2c1. The highest BCUT2D eigenvalue weighted by atomic mass is 16.5. The van der Waals surface area contributed by atoms with E-state index in [0.29, 0.717) is 29.4 Å². The molecular formula is C15H18O4. The Kier molecular flexibility index (Phi) is 4.10. The molecule has 1 aromatic heterocycles. The van der Waals surface area contributed by atoms with Crippen LogP contribution in [0.3, 0.4) is 0 Å². The van der Waals surface area contributed by atoms with Crippen molar-refractivity contribution >= 4 is 16.9 Å². The molecule has 0 N–H and O–H groups in total. The fraction of sp³-hybridized carbons (Fsp3) is 0.400. The zero-order chi connectivity index (χ0) is 13.8. The third-order valence-corrected chi connectivity index (χ3v) is 2.91. The molecule has 0 atom stereocenters. The summed E-state index contributed by atoms with van der Waals surface area (Å²) >= 11 is 0. The van der Waals surface area contributed by atoms with Crippen molar-refractivity contribution in [3.63, 3.8) is 0 Å². The normalized spacial score (nSPS) is 10.9. The molecule has 0 amide bonds. The number of carbonyl (C=O) groups is 1. The lowest BCUT2D eigenvalue weighted by Crippen LogP contribution is -2.04.